The molecule has 1 saturated heterocycles. The fraction of sp³-hybridized carbons (Fsp3) is 0.700. The number of amides is 1. The number of hydrogen-bond acceptors (Lipinski definition) is 6. The maximum absolute atomic E-state index is 13.0. The first kappa shape index (κ1) is 19.4. The zero-order valence-electron chi connectivity index (χ0n) is 16.5. The van der Waals surface area contributed by atoms with Crippen LogP contribution in [0.2, 0.25) is 0 Å². The van der Waals surface area contributed by atoms with Gasteiger partial charge >= 0.3 is 0 Å². The van der Waals surface area contributed by atoms with Crippen LogP contribution in [0.1, 0.15) is 75.2 Å². The minimum Gasteiger partial charge on any atom is -0.348 e. The smallest absolute Gasteiger partial charge is 0.274 e. The van der Waals surface area contributed by atoms with Crippen LogP contribution in [0.25, 0.3) is 4.96 Å². The van der Waals surface area contributed by atoms with Crippen LogP contribution in [0.15, 0.2) is 10.9 Å². The third kappa shape index (κ3) is 4.37. The molecule has 28 heavy (non-hydrogen) atoms. The van der Waals surface area contributed by atoms with Crippen molar-refractivity contribution in [3.63, 3.8) is 0 Å². The van der Waals surface area contributed by atoms with Crippen LogP contribution in [0, 0.1) is 5.92 Å². The Kier molecular flexibility index (Phi) is 5.94. The molecule has 1 aliphatic heterocycles. The van der Waals surface area contributed by atoms with E-state index < -0.39 is 0 Å². The highest BCUT2D eigenvalue weighted by Crippen LogP contribution is 2.27. The lowest BCUT2D eigenvalue weighted by atomic mass is 9.96. The Bertz CT molecular complexity index is 884. The summed E-state index contributed by atoms with van der Waals surface area (Å²) in [5.74, 6) is 0.403. The standard InChI is InChI=1S/C20H29N5O2S/c1-14-8-7-11-24(13-14)20-23-25-16(12-17(26)22-19(25)28-20)18(27)21-15-9-5-3-2-4-6-10-15/h12,14-15H,2-11,13H2,1H3,(H,21,27)/t14-/m0/s1. The summed E-state index contributed by atoms with van der Waals surface area (Å²) in [5, 5.41) is 8.64. The number of nitrogens with one attached hydrogen (secondary N) is 1. The largest absolute Gasteiger partial charge is 0.348 e. The van der Waals surface area contributed by atoms with Gasteiger partial charge in [0.15, 0.2) is 0 Å². The molecule has 1 saturated carbocycles. The van der Waals surface area contributed by atoms with Crippen LogP contribution in [0.5, 0.6) is 0 Å². The van der Waals surface area contributed by atoms with Crippen LogP contribution >= 0.6 is 11.3 Å². The zero-order valence-corrected chi connectivity index (χ0v) is 17.3. The van der Waals surface area contributed by atoms with Gasteiger partial charge in [0.05, 0.1) is 0 Å². The molecule has 0 spiro atoms. The molecule has 152 valence electrons. The van der Waals surface area contributed by atoms with Gasteiger partial charge < -0.3 is 10.2 Å². The van der Waals surface area contributed by atoms with E-state index >= 15 is 0 Å². The second-order valence-corrected chi connectivity index (χ2v) is 9.20. The maximum atomic E-state index is 13.0. The Labute approximate surface area is 169 Å². The molecule has 1 amide bonds. The minimum atomic E-state index is -0.384. The Morgan fingerprint density at radius 3 is 2.64 bits per heavy atom. The molecule has 7 nitrogen and oxygen atoms in total. The van der Waals surface area contributed by atoms with Gasteiger partial charge in [0.1, 0.15) is 5.69 Å². The lowest BCUT2D eigenvalue weighted by Crippen LogP contribution is -2.37. The summed E-state index contributed by atoms with van der Waals surface area (Å²) in [6.07, 6.45) is 10.4. The van der Waals surface area contributed by atoms with Gasteiger partial charge in [0.2, 0.25) is 10.1 Å². The third-order valence-electron chi connectivity index (χ3n) is 5.84. The first-order valence-corrected chi connectivity index (χ1v) is 11.4. The van der Waals surface area contributed by atoms with Crippen molar-refractivity contribution < 1.29 is 4.79 Å². The summed E-state index contributed by atoms with van der Waals surface area (Å²) in [4.78, 5) is 31.9. The molecule has 2 aromatic rings. The number of aromatic nitrogens is 3. The van der Waals surface area contributed by atoms with E-state index in [0.29, 0.717) is 16.6 Å². The highest BCUT2D eigenvalue weighted by molar-refractivity contribution is 7.20. The molecule has 3 heterocycles. The molecule has 1 atom stereocenters. The molecule has 2 aromatic heterocycles. The van der Waals surface area contributed by atoms with Crippen LogP contribution in [0.3, 0.4) is 0 Å². The molecule has 0 unspecified atom stereocenters. The maximum Gasteiger partial charge on any atom is 0.274 e. The topological polar surface area (TPSA) is 79.6 Å². The summed E-state index contributed by atoms with van der Waals surface area (Å²) >= 11 is 1.39. The molecular formula is C20H29N5O2S. The second-order valence-electron chi connectivity index (χ2n) is 8.27. The van der Waals surface area contributed by atoms with Crippen molar-refractivity contribution in [2.24, 2.45) is 5.92 Å². The molecule has 1 aliphatic carbocycles. The van der Waals surface area contributed by atoms with Gasteiger partial charge in [-0.25, -0.2) is 0 Å². The number of piperidine rings is 1. The van der Waals surface area contributed by atoms with Crippen LogP contribution < -0.4 is 15.8 Å². The van der Waals surface area contributed by atoms with Crippen molar-refractivity contribution in [2.45, 2.75) is 70.8 Å². The molecule has 0 radical (unpaired) electrons. The molecule has 1 N–H and O–H groups in total. The number of anilines is 1. The summed E-state index contributed by atoms with van der Waals surface area (Å²) in [5.41, 5.74) is -0.0883. The SMILES string of the molecule is C[C@H]1CCCN(c2nn3c(C(=O)NC4CCCCCCC4)cc(=O)nc3s2)C1. The Hall–Kier alpha value is -1.96. The van der Waals surface area contributed by atoms with E-state index in [2.05, 4.69) is 27.2 Å². The van der Waals surface area contributed by atoms with Gasteiger partial charge in [-0.1, -0.05) is 50.4 Å². The molecule has 8 heteroatoms. The van der Waals surface area contributed by atoms with E-state index in [-0.39, 0.29) is 17.5 Å². The van der Waals surface area contributed by atoms with E-state index in [0.717, 1.165) is 50.3 Å². The number of hydrogen-bond donors (Lipinski definition) is 1. The van der Waals surface area contributed by atoms with Gasteiger partial charge in [0, 0.05) is 25.2 Å². The molecular weight excluding hydrogens is 374 g/mol. The van der Waals surface area contributed by atoms with Gasteiger partial charge in [-0.15, -0.1) is 5.10 Å². The quantitative estimate of drug-likeness (QED) is 0.851. The summed E-state index contributed by atoms with van der Waals surface area (Å²) in [6, 6.07) is 1.49. The fourth-order valence-electron chi connectivity index (χ4n) is 4.32. The monoisotopic (exact) mass is 403 g/mol. The van der Waals surface area contributed by atoms with Crippen molar-refractivity contribution in [1.82, 2.24) is 19.9 Å². The van der Waals surface area contributed by atoms with Crippen LogP contribution in [0.4, 0.5) is 5.13 Å². The predicted octanol–water partition coefficient (Wildman–Crippen LogP) is 3.23. The number of fused-ring (bicyclic) bond motifs is 1. The third-order valence-corrected chi connectivity index (χ3v) is 6.81. The molecule has 4 rings (SSSR count). The highest BCUT2D eigenvalue weighted by atomic mass is 32.1. The Morgan fingerprint density at radius 1 is 1.14 bits per heavy atom. The van der Waals surface area contributed by atoms with Crippen molar-refractivity contribution in [1.29, 1.82) is 0 Å². The summed E-state index contributed by atoms with van der Waals surface area (Å²) < 4.78 is 1.55. The summed E-state index contributed by atoms with van der Waals surface area (Å²) in [7, 11) is 0. The average molecular weight is 404 g/mol. The number of carbonyl (C=O) groups excluding carboxylic acids is 1. The minimum absolute atomic E-state index is 0.174. The number of nitrogens with zero attached hydrogens (tertiary/aromatic N) is 4. The van der Waals surface area contributed by atoms with Gasteiger partial charge in [-0.2, -0.15) is 9.50 Å². The summed E-state index contributed by atoms with van der Waals surface area (Å²) in [6.45, 7) is 4.15. The first-order valence-electron chi connectivity index (χ1n) is 10.6. The van der Waals surface area contributed by atoms with Crippen molar-refractivity contribution >= 4 is 27.3 Å². The lowest BCUT2D eigenvalue weighted by molar-refractivity contribution is 0.0922. The lowest BCUT2D eigenvalue weighted by Gasteiger charge is -2.30. The molecule has 0 aromatic carbocycles. The van der Waals surface area contributed by atoms with E-state index in [9.17, 15) is 9.59 Å². The molecule has 2 aliphatic rings. The first-order chi connectivity index (χ1) is 13.6. The van der Waals surface area contributed by atoms with Gasteiger partial charge in [-0.05, 0) is 31.6 Å². The average Bonchev–Trinajstić information content (AvgIpc) is 3.07. The predicted molar refractivity (Wildman–Crippen MR) is 111 cm³/mol. The second kappa shape index (κ2) is 8.59. The normalized spacial score (nSPS) is 22.0. The molecule has 2 fully saturated rings. The van der Waals surface area contributed by atoms with Crippen molar-refractivity contribution in [2.75, 3.05) is 18.0 Å². The Morgan fingerprint density at radius 2 is 1.89 bits per heavy atom. The van der Waals surface area contributed by atoms with E-state index in [1.807, 2.05) is 0 Å². The van der Waals surface area contributed by atoms with Crippen molar-refractivity contribution in [3.05, 3.63) is 22.1 Å². The van der Waals surface area contributed by atoms with Crippen LogP contribution in [-0.2, 0) is 0 Å². The molecule has 0 bridgehead atoms. The van der Waals surface area contributed by atoms with E-state index in [4.69, 9.17) is 0 Å². The van der Waals surface area contributed by atoms with Crippen molar-refractivity contribution in [3.8, 4) is 0 Å². The zero-order chi connectivity index (χ0) is 19.5. The Balaban J connectivity index is 1.58. The van der Waals surface area contributed by atoms with Gasteiger partial charge in [-0.3, -0.25) is 9.59 Å². The van der Waals surface area contributed by atoms with Crippen LogP contribution in [-0.4, -0.2) is 39.6 Å². The van der Waals surface area contributed by atoms with E-state index in [1.54, 1.807) is 4.52 Å². The number of rotatable bonds is 3. The van der Waals surface area contributed by atoms with E-state index in [1.165, 1.54) is 43.1 Å². The highest BCUT2D eigenvalue weighted by Gasteiger charge is 2.23. The fourth-order valence-corrected chi connectivity index (χ4v) is 5.26. The number of carbonyl (C=O) groups is 1. The van der Waals surface area contributed by atoms with Gasteiger partial charge in [0.25, 0.3) is 11.5 Å².